The third-order valence-corrected chi connectivity index (χ3v) is 4.42. The second-order valence-electron chi connectivity index (χ2n) is 5.69. The van der Waals surface area contributed by atoms with Crippen LogP contribution in [0, 0.1) is 13.8 Å². The average Bonchev–Trinajstić information content (AvgIpc) is 2.44. The molecule has 1 unspecified atom stereocenters. The van der Waals surface area contributed by atoms with Crippen LogP contribution in [-0.4, -0.2) is 53.1 Å². The Morgan fingerprint density at radius 2 is 1.90 bits per heavy atom. The fourth-order valence-electron chi connectivity index (χ4n) is 2.69. The van der Waals surface area contributed by atoms with E-state index in [-0.39, 0.29) is 6.04 Å². The Labute approximate surface area is 121 Å². The fraction of sp³-hybridized carbons (Fsp3) is 0.562. The van der Waals surface area contributed by atoms with E-state index in [0.29, 0.717) is 0 Å². The quantitative estimate of drug-likeness (QED) is 0.912. The summed E-state index contributed by atoms with van der Waals surface area (Å²) in [6.07, 6.45) is 0. The maximum Gasteiger partial charge on any atom is 0.320 e. The minimum atomic E-state index is -0.729. The van der Waals surface area contributed by atoms with E-state index in [9.17, 15) is 4.79 Å². The van der Waals surface area contributed by atoms with Crippen molar-refractivity contribution in [1.29, 1.82) is 0 Å². The Kier molecular flexibility index (Phi) is 4.78. The number of rotatable bonds is 4. The van der Waals surface area contributed by atoms with E-state index in [1.807, 2.05) is 4.90 Å². The summed E-state index contributed by atoms with van der Waals surface area (Å²) in [6.45, 7) is 10.6. The molecule has 4 nitrogen and oxygen atoms in total. The van der Waals surface area contributed by atoms with Crippen molar-refractivity contribution in [3.63, 3.8) is 0 Å². The number of benzene rings is 1. The standard InChI is InChI=1S/C16H24N2O2/c1-12-5-4-6-15(13(12)2)11-17-7-9-18(10-8-17)14(3)16(19)20/h4-6,14H,7-11H2,1-3H3,(H,19,20). The molecule has 0 bridgehead atoms. The number of aryl methyl sites for hydroxylation is 1. The highest BCUT2D eigenvalue weighted by atomic mass is 16.4. The largest absolute Gasteiger partial charge is 0.480 e. The first-order valence-corrected chi connectivity index (χ1v) is 7.23. The lowest BCUT2D eigenvalue weighted by atomic mass is 10.0. The van der Waals surface area contributed by atoms with Gasteiger partial charge in [0.05, 0.1) is 0 Å². The van der Waals surface area contributed by atoms with Crippen LogP contribution in [0.25, 0.3) is 0 Å². The molecule has 1 fully saturated rings. The zero-order valence-corrected chi connectivity index (χ0v) is 12.6. The van der Waals surface area contributed by atoms with E-state index in [4.69, 9.17) is 5.11 Å². The van der Waals surface area contributed by atoms with E-state index in [2.05, 4.69) is 36.9 Å². The maximum atomic E-state index is 11.0. The van der Waals surface area contributed by atoms with Crippen LogP contribution in [0.1, 0.15) is 23.6 Å². The SMILES string of the molecule is Cc1cccc(CN2CCN(C(C)C(=O)O)CC2)c1C. The molecule has 1 aromatic carbocycles. The van der Waals surface area contributed by atoms with Crippen LogP contribution < -0.4 is 0 Å². The molecule has 1 heterocycles. The zero-order chi connectivity index (χ0) is 14.7. The molecule has 2 rings (SSSR count). The van der Waals surface area contributed by atoms with Crippen molar-refractivity contribution in [2.75, 3.05) is 26.2 Å². The Morgan fingerprint density at radius 3 is 2.50 bits per heavy atom. The number of hydrogen-bond donors (Lipinski definition) is 1. The summed E-state index contributed by atoms with van der Waals surface area (Å²) in [4.78, 5) is 15.5. The number of carboxylic acid groups (broad SMARTS) is 1. The smallest absolute Gasteiger partial charge is 0.320 e. The van der Waals surface area contributed by atoms with Crippen LogP contribution in [0.4, 0.5) is 0 Å². The monoisotopic (exact) mass is 276 g/mol. The van der Waals surface area contributed by atoms with Crippen molar-refractivity contribution in [2.45, 2.75) is 33.4 Å². The van der Waals surface area contributed by atoms with Crippen LogP contribution in [0.5, 0.6) is 0 Å². The molecule has 110 valence electrons. The van der Waals surface area contributed by atoms with Crippen LogP contribution >= 0.6 is 0 Å². The van der Waals surface area contributed by atoms with Crippen molar-refractivity contribution in [1.82, 2.24) is 9.80 Å². The Bertz CT molecular complexity index is 479. The molecule has 1 atom stereocenters. The van der Waals surface area contributed by atoms with Crippen molar-refractivity contribution in [3.8, 4) is 0 Å². The lowest BCUT2D eigenvalue weighted by Gasteiger charge is -2.36. The van der Waals surface area contributed by atoms with Crippen molar-refractivity contribution in [3.05, 3.63) is 34.9 Å². The van der Waals surface area contributed by atoms with Gasteiger partial charge in [-0.3, -0.25) is 14.6 Å². The second kappa shape index (κ2) is 6.37. The molecule has 4 heteroatoms. The molecule has 1 N–H and O–H groups in total. The van der Waals surface area contributed by atoms with E-state index >= 15 is 0 Å². The molecular formula is C16H24N2O2. The van der Waals surface area contributed by atoms with Crippen LogP contribution in [-0.2, 0) is 11.3 Å². The third kappa shape index (κ3) is 3.38. The van der Waals surface area contributed by atoms with Gasteiger partial charge in [0.25, 0.3) is 0 Å². The van der Waals surface area contributed by atoms with Gasteiger partial charge < -0.3 is 5.11 Å². The topological polar surface area (TPSA) is 43.8 Å². The molecule has 0 spiro atoms. The molecule has 0 saturated carbocycles. The molecule has 0 aliphatic carbocycles. The summed E-state index contributed by atoms with van der Waals surface area (Å²) in [5.41, 5.74) is 4.08. The summed E-state index contributed by atoms with van der Waals surface area (Å²) in [6, 6.07) is 6.07. The first-order valence-electron chi connectivity index (χ1n) is 7.23. The van der Waals surface area contributed by atoms with Gasteiger partial charge in [-0.2, -0.15) is 0 Å². The summed E-state index contributed by atoms with van der Waals surface area (Å²) in [5, 5.41) is 9.05. The zero-order valence-electron chi connectivity index (χ0n) is 12.6. The molecule has 20 heavy (non-hydrogen) atoms. The van der Waals surface area contributed by atoms with Gasteiger partial charge in [-0.1, -0.05) is 18.2 Å². The number of piperazine rings is 1. The lowest BCUT2D eigenvalue weighted by Crippen LogP contribution is -2.51. The number of carbonyl (C=O) groups is 1. The minimum Gasteiger partial charge on any atom is -0.480 e. The van der Waals surface area contributed by atoms with Crippen LogP contribution in [0.2, 0.25) is 0 Å². The van der Waals surface area contributed by atoms with Crippen molar-refractivity contribution in [2.24, 2.45) is 0 Å². The van der Waals surface area contributed by atoms with Crippen LogP contribution in [0.3, 0.4) is 0 Å². The molecule has 1 saturated heterocycles. The Hall–Kier alpha value is -1.39. The number of carboxylic acids is 1. The van der Waals surface area contributed by atoms with Gasteiger partial charge in [0.1, 0.15) is 6.04 Å². The van der Waals surface area contributed by atoms with Crippen molar-refractivity contribution < 1.29 is 9.90 Å². The number of nitrogens with zero attached hydrogens (tertiary/aromatic N) is 2. The Morgan fingerprint density at radius 1 is 1.25 bits per heavy atom. The lowest BCUT2D eigenvalue weighted by molar-refractivity contribution is -0.143. The van der Waals surface area contributed by atoms with Gasteiger partial charge in [-0.05, 0) is 37.5 Å². The first-order chi connectivity index (χ1) is 9.49. The highest BCUT2D eigenvalue weighted by Crippen LogP contribution is 2.16. The van der Waals surface area contributed by atoms with E-state index in [1.165, 1.54) is 16.7 Å². The summed E-state index contributed by atoms with van der Waals surface area (Å²) >= 11 is 0. The highest BCUT2D eigenvalue weighted by Gasteiger charge is 2.25. The van der Waals surface area contributed by atoms with Gasteiger partial charge in [0.15, 0.2) is 0 Å². The second-order valence-corrected chi connectivity index (χ2v) is 5.69. The van der Waals surface area contributed by atoms with Gasteiger partial charge in [-0.15, -0.1) is 0 Å². The summed E-state index contributed by atoms with van der Waals surface area (Å²) < 4.78 is 0. The normalized spacial score (nSPS) is 18.9. The van der Waals surface area contributed by atoms with Gasteiger partial charge in [-0.25, -0.2) is 0 Å². The summed E-state index contributed by atoms with van der Waals surface area (Å²) in [7, 11) is 0. The molecule has 0 amide bonds. The average molecular weight is 276 g/mol. The van der Waals surface area contributed by atoms with E-state index in [1.54, 1.807) is 6.92 Å². The molecule has 0 aromatic heterocycles. The first kappa shape index (κ1) is 15.0. The predicted octanol–water partition coefficient (Wildman–Crippen LogP) is 1.89. The third-order valence-electron chi connectivity index (χ3n) is 4.42. The van der Waals surface area contributed by atoms with E-state index in [0.717, 1.165) is 32.7 Å². The number of aliphatic carboxylic acids is 1. The summed E-state index contributed by atoms with van der Waals surface area (Å²) in [5.74, 6) is -0.729. The fourth-order valence-corrected chi connectivity index (χ4v) is 2.69. The molecule has 1 aliphatic rings. The van der Waals surface area contributed by atoms with Crippen molar-refractivity contribution >= 4 is 5.97 Å². The van der Waals surface area contributed by atoms with Gasteiger partial charge >= 0.3 is 5.97 Å². The molecular weight excluding hydrogens is 252 g/mol. The van der Waals surface area contributed by atoms with Gasteiger partial charge in [0, 0.05) is 32.7 Å². The molecule has 1 aliphatic heterocycles. The van der Waals surface area contributed by atoms with Gasteiger partial charge in [0.2, 0.25) is 0 Å². The molecule has 0 radical (unpaired) electrons. The molecule has 1 aromatic rings. The maximum absolute atomic E-state index is 11.0. The van der Waals surface area contributed by atoms with Crippen LogP contribution in [0.15, 0.2) is 18.2 Å². The van der Waals surface area contributed by atoms with E-state index < -0.39 is 5.97 Å². The Balaban J connectivity index is 1.92. The number of hydrogen-bond acceptors (Lipinski definition) is 3. The minimum absolute atomic E-state index is 0.377. The highest BCUT2D eigenvalue weighted by molar-refractivity contribution is 5.72. The predicted molar refractivity (Wildman–Crippen MR) is 79.9 cm³/mol.